The lowest BCUT2D eigenvalue weighted by molar-refractivity contribution is -0.150. The molecule has 11 nitrogen and oxygen atoms in total. The maximum Gasteiger partial charge on any atom is 0.345 e. The summed E-state index contributed by atoms with van der Waals surface area (Å²) in [7, 11) is 0. The van der Waals surface area contributed by atoms with Gasteiger partial charge in [0.15, 0.2) is 0 Å². The summed E-state index contributed by atoms with van der Waals surface area (Å²) in [5.41, 5.74) is 1.55. The summed E-state index contributed by atoms with van der Waals surface area (Å²) in [5, 5.41) is 7.73. The standard InChI is InChI=1S/C32H42F2N4O7/c1-22(2)17-25(36-30(41)27(21-45-32(33)34)35-28(39)19-38-13-15-43-16-14-38)29(40)37-26(18-23-9-5-3-6-10-23)31(42)44-20-24-11-7-4-8-12-24/h3-12,22,25-27,32H,13-21H2,1-2H3,(H,35,39)(H,36,41)(H,37,40)/t25-,26-,27-/m0/s1. The Kier molecular flexibility index (Phi) is 14.8. The molecule has 1 fully saturated rings. The summed E-state index contributed by atoms with van der Waals surface area (Å²) < 4.78 is 40.9. The van der Waals surface area contributed by atoms with Crippen LogP contribution in [0.5, 0.6) is 0 Å². The van der Waals surface area contributed by atoms with Gasteiger partial charge < -0.3 is 30.2 Å². The average Bonchev–Trinajstić information content (AvgIpc) is 3.02. The smallest absolute Gasteiger partial charge is 0.345 e. The van der Waals surface area contributed by atoms with Crippen LogP contribution in [-0.2, 0) is 46.4 Å². The molecule has 246 valence electrons. The molecule has 1 aliphatic heterocycles. The Hall–Kier alpha value is -3.94. The number of halogens is 2. The molecule has 0 aromatic heterocycles. The topological polar surface area (TPSA) is 135 Å². The molecule has 13 heteroatoms. The average molecular weight is 633 g/mol. The van der Waals surface area contributed by atoms with Gasteiger partial charge in [-0.25, -0.2) is 4.79 Å². The van der Waals surface area contributed by atoms with Gasteiger partial charge in [0.25, 0.3) is 0 Å². The predicted molar refractivity (Wildman–Crippen MR) is 161 cm³/mol. The fourth-order valence-electron chi connectivity index (χ4n) is 4.67. The second-order valence-corrected chi connectivity index (χ2v) is 11.1. The molecule has 0 bridgehead atoms. The van der Waals surface area contributed by atoms with Gasteiger partial charge in [-0.2, -0.15) is 8.78 Å². The number of hydrogen-bond donors (Lipinski definition) is 3. The molecule has 0 unspecified atom stereocenters. The molecule has 0 radical (unpaired) electrons. The molecule has 0 saturated carbocycles. The van der Waals surface area contributed by atoms with Crippen LogP contribution in [0.2, 0.25) is 0 Å². The van der Waals surface area contributed by atoms with Gasteiger partial charge in [-0.05, 0) is 23.5 Å². The highest BCUT2D eigenvalue weighted by Gasteiger charge is 2.32. The van der Waals surface area contributed by atoms with E-state index in [2.05, 4.69) is 20.7 Å². The number of benzene rings is 2. The Morgan fingerprint density at radius 1 is 0.822 bits per heavy atom. The number of nitrogens with one attached hydrogen (secondary N) is 3. The van der Waals surface area contributed by atoms with E-state index in [-0.39, 0.29) is 31.9 Å². The first kappa shape index (κ1) is 35.5. The lowest BCUT2D eigenvalue weighted by atomic mass is 10.0. The van der Waals surface area contributed by atoms with Crippen molar-refractivity contribution in [2.24, 2.45) is 5.92 Å². The number of morpholine rings is 1. The molecule has 1 heterocycles. The minimum absolute atomic E-state index is 0.00294. The quantitative estimate of drug-likeness (QED) is 0.226. The van der Waals surface area contributed by atoms with Crippen molar-refractivity contribution in [2.45, 2.75) is 58.0 Å². The molecule has 1 aliphatic rings. The van der Waals surface area contributed by atoms with E-state index in [4.69, 9.17) is 9.47 Å². The van der Waals surface area contributed by atoms with Crippen molar-refractivity contribution in [1.82, 2.24) is 20.9 Å². The Bertz CT molecular complexity index is 1210. The van der Waals surface area contributed by atoms with Gasteiger partial charge in [0, 0.05) is 19.5 Å². The first-order chi connectivity index (χ1) is 21.6. The number of ether oxygens (including phenoxy) is 3. The van der Waals surface area contributed by atoms with Crippen LogP contribution in [0.15, 0.2) is 60.7 Å². The summed E-state index contributed by atoms with van der Waals surface area (Å²) in [5.74, 6) is -2.85. The molecule has 2 aromatic carbocycles. The van der Waals surface area contributed by atoms with Crippen LogP contribution >= 0.6 is 0 Å². The third-order valence-corrected chi connectivity index (χ3v) is 6.96. The van der Waals surface area contributed by atoms with Crippen LogP contribution in [0.1, 0.15) is 31.4 Å². The van der Waals surface area contributed by atoms with Crippen molar-refractivity contribution < 1.29 is 42.2 Å². The molecule has 0 aliphatic carbocycles. The molecular formula is C32H42F2N4O7. The number of amides is 3. The Balaban J connectivity index is 1.71. The number of alkyl halides is 2. The van der Waals surface area contributed by atoms with E-state index in [0.29, 0.717) is 26.3 Å². The SMILES string of the molecule is CC(C)C[C@H](NC(=O)[C@H](COC(F)F)NC(=O)CN1CCOCC1)C(=O)N[C@@H](Cc1ccccc1)C(=O)OCc1ccccc1. The van der Waals surface area contributed by atoms with Gasteiger partial charge in [-0.1, -0.05) is 74.5 Å². The van der Waals surface area contributed by atoms with E-state index in [0.717, 1.165) is 11.1 Å². The second-order valence-electron chi connectivity index (χ2n) is 11.1. The van der Waals surface area contributed by atoms with Crippen molar-refractivity contribution in [3.05, 3.63) is 71.8 Å². The van der Waals surface area contributed by atoms with Crippen LogP contribution in [0.25, 0.3) is 0 Å². The predicted octanol–water partition coefficient (Wildman–Crippen LogP) is 2.04. The summed E-state index contributed by atoms with van der Waals surface area (Å²) in [6.07, 6.45) is 0.295. The van der Waals surface area contributed by atoms with Crippen LogP contribution in [0, 0.1) is 5.92 Å². The lowest BCUT2D eigenvalue weighted by Crippen LogP contribution is -2.58. The third-order valence-electron chi connectivity index (χ3n) is 6.96. The van der Waals surface area contributed by atoms with Crippen molar-refractivity contribution >= 4 is 23.7 Å². The normalized spacial score (nSPS) is 15.6. The summed E-state index contributed by atoms with van der Waals surface area (Å²) in [6.45, 7) is 1.54. The minimum Gasteiger partial charge on any atom is -0.459 e. The van der Waals surface area contributed by atoms with Crippen molar-refractivity contribution in [3.63, 3.8) is 0 Å². The van der Waals surface area contributed by atoms with Crippen LogP contribution in [0.3, 0.4) is 0 Å². The van der Waals surface area contributed by atoms with Crippen LogP contribution < -0.4 is 16.0 Å². The third kappa shape index (κ3) is 13.3. The highest BCUT2D eigenvalue weighted by Crippen LogP contribution is 2.11. The van der Waals surface area contributed by atoms with Crippen LogP contribution in [-0.4, -0.2) is 92.8 Å². The Morgan fingerprint density at radius 2 is 1.40 bits per heavy atom. The Labute approximate surface area is 262 Å². The molecule has 2 aromatic rings. The molecule has 3 N–H and O–H groups in total. The number of nitrogens with zero attached hydrogens (tertiary/aromatic N) is 1. The highest BCUT2D eigenvalue weighted by atomic mass is 19.3. The monoisotopic (exact) mass is 632 g/mol. The zero-order chi connectivity index (χ0) is 32.6. The molecule has 3 atom stereocenters. The van der Waals surface area contributed by atoms with Gasteiger partial charge in [-0.15, -0.1) is 0 Å². The highest BCUT2D eigenvalue weighted by molar-refractivity contribution is 5.94. The lowest BCUT2D eigenvalue weighted by Gasteiger charge is -2.28. The first-order valence-corrected chi connectivity index (χ1v) is 14.9. The molecular weight excluding hydrogens is 590 g/mol. The summed E-state index contributed by atoms with van der Waals surface area (Å²) in [4.78, 5) is 54.5. The second kappa shape index (κ2) is 18.8. The van der Waals surface area contributed by atoms with Crippen molar-refractivity contribution in [2.75, 3.05) is 39.5 Å². The molecule has 0 spiro atoms. The number of esters is 1. The minimum atomic E-state index is -3.17. The van der Waals surface area contributed by atoms with Gasteiger partial charge in [0.2, 0.25) is 17.7 Å². The fraction of sp³-hybridized carbons (Fsp3) is 0.500. The number of rotatable bonds is 17. The Morgan fingerprint density at radius 3 is 2.00 bits per heavy atom. The van der Waals surface area contributed by atoms with Crippen molar-refractivity contribution in [1.29, 1.82) is 0 Å². The zero-order valence-electron chi connectivity index (χ0n) is 25.6. The van der Waals surface area contributed by atoms with Gasteiger partial charge in [0.1, 0.15) is 24.7 Å². The fourth-order valence-corrected chi connectivity index (χ4v) is 4.67. The summed E-state index contributed by atoms with van der Waals surface area (Å²) >= 11 is 0. The van der Waals surface area contributed by atoms with Crippen molar-refractivity contribution in [3.8, 4) is 0 Å². The van der Waals surface area contributed by atoms with E-state index < -0.39 is 55.0 Å². The van der Waals surface area contributed by atoms with E-state index in [1.54, 1.807) is 29.2 Å². The number of carbonyl (C=O) groups is 4. The molecule has 3 rings (SSSR count). The largest absolute Gasteiger partial charge is 0.459 e. The van der Waals surface area contributed by atoms with E-state index >= 15 is 0 Å². The van der Waals surface area contributed by atoms with Gasteiger partial charge >= 0.3 is 12.6 Å². The number of hydrogen-bond acceptors (Lipinski definition) is 8. The van der Waals surface area contributed by atoms with E-state index in [9.17, 15) is 28.0 Å². The van der Waals surface area contributed by atoms with E-state index in [1.807, 2.05) is 50.2 Å². The summed E-state index contributed by atoms with van der Waals surface area (Å²) in [6, 6.07) is 14.4. The first-order valence-electron chi connectivity index (χ1n) is 14.9. The molecule has 3 amide bonds. The molecule has 45 heavy (non-hydrogen) atoms. The maximum atomic E-state index is 13.6. The van der Waals surface area contributed by atoms with Gasteiger partial charge in [-0.3, -0.25) is 19.3 Å². The molecule has 1 saturated heterocycles. The van der Waals surface area contributed by atoms with Crippen LogP contribution in [0.4, 0.5) is 8.78 Å². The zero-order valence-corrected chi connectivity index (χ0v) is 25.6. The van der Waals surface area contributed by atoms with Gasteiger partial charge in [0.05, 0.1) is 26.4 Å². The maximum absolute atomic E-state index is 13.6. The van der Waals surface area contributed by atoms with E-state index in [1.165, 1.54) is 0 Å². The number of carbonyl (C=O) groups excluding carboxylic acids is 4.